The Morgan fingerprint density at radius 2 is 2.12 bits per heavy atom. The number of carbonyl (C=O) groups is 1. The second-order valence-electron chi connectivity index (χ2n) is 4.80. The highest BCUT2D eigenvalue weighted by Crippen LogP contribution is 2.36. The molecule has 0 aliphatic heterocycles. The second-order valence-corrected chi connectivity index (χ2v) is 5.65. The molecule has 130 valence electrons. The number of rotatable bonds is 8. The molecular formula is C18H18BrN3O3. The van der Waals surface area contributed by atoms with Crippen molar-refractivity contribution in [2.75, 3.05) is 13.2 Å². The van der Waals surface area contributed by atoms with Crippen molar-refractivity contribution in [3.8, 4) is 11.5 Å². The molecule has 0 unspecified atom stereocenters. The summed E-state index contributed by atoms with van der Waals surface area (Å²) in [6.07, 6.45) is 6.29. The van der Waals surface area contributed by atoms with E-state index < -0.39 is 0 Å². The maximum atomic E-state index is 11.9. The molecule has 1 N–H and O–H groups in total. The summed E-state index contributed by atoms with van der Waals surface area (Å²) in [6, 6.07) is 6.83. The number of hydrazone groups is 1. The van der Waals surface area contributed by atoms with Gasteiger partial charge >= 0.3 is 0 Å². The van der Waals surface area contributed by atoms with E-state index in [2.05, 4.69) is 38.0 Å². The lowest BCUT2D eigenvalue weighted by Gasteiger charge is -2.13. The molecule has 1 amide bonds. The van der Waals surface area contributed by atoms with Gasteiger partial charge in [-0.15, -0.1) is 0 Å². The Labute approximate surface area is 154 Å². The molecule has 0 atom stereocenters. The quantitative estimate of drug-likeness (QED) is 0.415. The second kappa shape index (κ2) is 9.58. The first-order valence-electron chi connectivity index (χ1n) is 7.59. The molecule has 0 aliphatic carbocycles. The minimum Gasteiger partial charge on any atom is -0.490 e. The molecule has 6 nitrogen and oxygen atoms in total. The molecule has 0 radical (unpaired) electrons. The molecule has 1 aromatic heterocycles. The van der Waals surface area contributed by atoms with Crippen molar-refractivity contribution in [2.45, 2.75) is 6.92 Å². The first-order valence-corrected chi connectivity index (χ1v) is 8.38. The van der Waals surface area contributed by atoms with Crippen molar-refractivity contribution in [3.05, 3.63) is 64.9 Å². The molecule has 0 bridgehead atoms. The molecule has 1 aromatic carbocycles. The Morgan fingerprint density at radius 3 is 2.80 bits per heavy atom. The first-order chi connectivity index (χ1) is 12.2. The van der Waals surface area contributed by atoms with Gasteiger partial charge in [0.25, 0.3) is 5.91 Å². The van der Waals surface area contributed by atoms with E-state index in [-0.39, 0.29) is 5.91 Å². The van der Waals surface area contributed by atoms with Crippen LogP contribution in [0.3, 0.4) is 0 Å². The molecule has 0 saturated heterocycles. The number of carbonyl (C=O) groups excluding carboxylic acids is 1. The Bertz CT molecular complexity index is 764. The molecule has 0 aliphatic rings. The van der Waals surface area contributed by atoms with Crippen molar-refractivity contribution >= 4 is 28.1 Å². The van der Waals surface area contributed by atoms with Crippen LogP contribution in [0.15, 0.2) is 58.9 Å². The minimum atomic E-state index is -0.311. The third kappa shape index (κ3) is 5.42. The molecule has 0 spiro atoms. The average molecular weight is 404 g/mol. The summed E-state index contributed by atoms with van der Waals surface area (Å²) in [7, 11) is 0. The normalized spacial score (nSPS) is 10.5. The third-order valence-electron chi connectivity index (χ3n) is 3.00. The number of nitrogens with one attached hydrogen (secondary N) is 1. The monoisotopic (exact) mass is 403 g/mol. The standard InChI is InChI=1S/C18H18BrN3O3/c1-3-9-25-17-15(19)10-13(11-16(17)24-4-2)12-21-22-18(23)14-5-7-20-8-6-14/h3,5-8,10-12H,1,4,9H2,2H3,(H,22,23)/b21-12-. The zero-order chi connectivity index (χ0) is 18.1. The summed E-state index contributed by atoms with van der Waals surface area (Å²) < 4.78 is 11.9. The molecule has 0 fully saturated rings. The summed E-state index contributed by atoms with van der Waals surface area (Å²) in [5.41, 5.74) is 3.70. The fourth-order valence-electron chi connectivity index (χ4n) is 1.94. The minimum absolute atomic E-state index is 0.311. The van der Waals surface area contributed by atoms with Crippen molar-refractivity contribution in [1.82, 2.24) is 10.4 Å². The Balaban J connectivity index is 2.13. The lowest BCUT2D eigenvalue weighted by Crippen LogP contribution is -2.17. The Kier molecular flexibility index (Phi) is 7.16. The SMILES string of the molecule is C=CCOc1c(Br)cc(/C=N\NC(=O)c2ccncc2)cc1OCC. The van der Waals surface area contributed by atoms with E-state index in [0.29, 0.717) is 30.3 Å². The van der Waals surface area contributed by atoms with Gasteiger partial charge in [0.05, 0.1) is 17.3 Å². The fourth-order valence-corrected chi connectivity index (χ4v) is 2.52. The Hall–Kier alpha value is -2.67. The summed E-state index contributed by atoms with van der Waals surface area (Å²) >= 11 is 3.46. The fraction of sp³-hybridized carbons (Fsp3) is 0.167. The van der Waals surface area contributed by atoms with E-state index >= 15 is 0 Å². The summed E-state index contributed by atoms with van der Waals surface area (Å²) in [6.45, 7) is 6.39. The van der Waals surface area contributed by atoms with Gasteiger partial charge in [-0.2, -0.15) is 5.10 Å². The van der Waals surface area contributed by atoms with Gasteiger partial charge in [0, 0.05) is 18.0 Å². The van der Waals surface area contributed by atoms with E-state index in [4.69, 9.17) is 9.47 Å². The van der Waals surface area contributed by atoms with Crippen LogP contribution in [0.1, 0.15) is 22.8 Å². The van der Waals surface area contributed by atoms with E-state index in [1.165, 1.54) is 6.21 Å². The van der Waals surface area contributed by atoms with Crippen LogP contribution >= 0.6 is 15.9 Å². The van der Waals surface area contributed by atoms with Crippen LogP contribution in [0.25, 0.3) is 0 Å². The largest absolute Gasteiger partial charge is 0.490 e. The molecule has 25 heavy (non-hydrogen) atoms. The number of ether oxygens (including phenoxy) is 2. The van der Waals surface area contributed by atoms with Crippen LogP contribution < -0.4 is 14.9 Å². The van der Waals surface area contributed by atoms with Crippen LogP contribution in [0.2, 0.25) is 0 Å². The van der Waals surface area contributed by atoms with Gasteiger partial charge < -0.3 is 9.47 Å². The van der Waals surface area contributed by atoms with Crippen LogP contribution in [-0.2, 0) is 0 Å². The zero-order valence-corrected chi connectivity index (χ0v) is 15.3. The van der Waals surface area contributed by atoms with E-state index in [0.717, 1.165) is 10.0 Å². The van der Waals surface area contributed by atoms with Gasteiger partial charge in [-0.1, -0.05) is 12.7 Å². The van der Waals surface area contributed by atoms with Gasteiger partial charge in [-0.05, 0) is 52.7 Å². The predicted octanol–water partition coefficient (Wildman–Crippen LogP) is 3.57. The number of aromatic nitrogens is 1. The number of pyridine rings is 1. The number of benzene rings is 1. The summed E-state index contributed by atoms with van der Waals surface area (Å²) in [5, 5.41) is 3.97. The van der Waals surface area contributed by atoms with Crippen molar-refractivity contribution in [2.24, 2.45) is 5.10 Å². The molecule has 7 heteroatoms. The van der Waals surface area contributed by atoms with Crippen molar-refractivity contribution < 1.29 is 14.3 Å². The van der Waals surface area contributed by atoms with Crippen molar-refractivity contribution in [3.63, 3.8) is 0 Å². The number of halogens is 1. The van der Waals surface area contributed by atoms with Crippen molar-refractivity contribution in [1.29, 1.82) is 0 Å². The van der Waals surface area contributed by atoms with E-state index in [1.807, 2.05) is 13.0 Å². The maximum absolute atomic E-state index is 11.9. The Morgan fingerprint density at radius 1 is 1.36 bits per heavy atom. The lowest BCUT2D eigenvalue weighted by molar-refractivity contribution is 0.0955. The van der Waals surface area contributed by atoms with Gasteiger partial charge in [-0.3, -0.25) is 9.78 Å². The number of hydrogen-bond donors (Lipinski definition) is 1. The average Bonchev–Trinajstić information content (AvgIpc) is 2.62. The highest BCUT2D eigenvalue weighted by molar-refractivity contribution is 9.10. The van der Waals surface area contributed by atoms with Gasteiger partial charge in [-0.25, -0.2) is 5.43 Å². The third-order valence-corrected chi connectivity index (χ3v) is 3.59. The summed E-state index contributed by atoms with van der Waals surface area (Å²) in [5.74, 6) is 0.869. The van der Waals surface area contributed by atoms with Crippen LogP contribution in [-0.4, -0.2) is 30.3 Å². The van der Waals surface area contributed by atoms with Crippen LogP contribution in [0, 0.1) is 0 Å². The topological polar surface area (TPSA) is 72.8 Å². The first kappa shape index (κ1) is 18.7. The number of hydrogen-bond acceptors (Lipinski definition) is 5. The van der Waals surface area contributed by atoms with Gasteiger partial charge in [0.1, 0.15) is 6.61 Å². The molecule has 0 saturated carbocycles. The van der Waals surface area contributed by atoms with Crippen LogP contribution in [0.5, 0.6) is 11.5 Å². The van der Waals surface area contributed by atoms with Crippen LogP contribution in [0.4, 0.5) is 0 Å². The molecule has 2 aromatic rings. The lowest BCUT2D eigenvalue weighted by atomic mass is 10.2. The predicted molar refractivity (Wildman–Crippen MR) is 100 cm³/mol. The highest BCUT2D eigenvalue weighted by Gasteiger charge is 2.11. The van der Waals surface area contributed by atoms with E-state index in [9.17, 15) is 4.79 Å². The maximum Gasteiger partial charge on any atom is 0.271 e. The van der Waals surface area contributed by atoms with Gasteiger partial charge in [0.2, 0.25) is 0 Å². The number of nitrogens with zero attached hydrogens (tertiary/aromatic N) is 2. The van der Waals surface area contributed by atoms with E-state index in [1.54, 1.807) is 36.7 Å². The molecule has 1 heterocycles. The molecular weight excluding hydrogens is 386 g/mol. The zero-order valence-electron chi connectivity index (χ0n) is 13.7. The molecule has 2 rings (SSSR count). The number of amides is 1. The summed E-state index contributed by atoms with van der Waals surface area (Å²) in [4.78, 5) is 15.8. The highest BCUT2D eigenvalue weighted by atomic mass is 79.9. The van der Waals surface area contributed by atoms with Gasteiger partial charge in [0.15, 0.2) is 11.5 Å². The smallest absolute Gasteiger partial charge is 0.271 e.